The van der Waals surface area contributed by atoms with E-state index >= 15 is 0 Å². The van der Waals surface area contributed by atoms with Gasteiger partial charge in [-0.1, -0.05) is 44.2 Å². The number of likely N-dealkylation sites (tertiary alicyclic amines) is 1. The fourth-order valence-electron chi connectivity index (χ4n) is 6.43. The third-order valence-corrected chi connectivity index (χ3v) is 10.3. The molecule has 3 aliphatic rings. The number of carbonyl (C=O) groups excluding carboxylic acids is 3. The number of aliphatic hydroxyl groups excluding tert-OH is 1. The first-order valence-electron chi connectivity index (χ1n) is 12.6. The second kappa shape index (κ2) is 10.5. The van der Waals surface area contributed by atoms with Crippen molar-refractivity contribution < 1.29 is 24.2 Å². The summed E-state index contributed by atoms with van der Waals surface area (Å²) in [6.07, 6.45) is 4.44. The molecule has 6 atom stereocenters. The van der Waals surface area contributed by atoms with Crippen molar-refractivity contribution in [1.29, 1.82) is 0 Å². The second-order valence-corrected chi connectivity index (χ2v) is 12.9. The Labute approximate surface area is 227 Å². The van der Waals surface area contributed by atoms with Crippen molar-refractivity contribution in [2.75, 3.05) is 24.7 Å². The van der Waals surface area contributed by atoms with Crippen molar-refractivity contribution in [2.45, 2.75) is 55.2 Å². The summed E-state index contributed by atoms with van der Waals surface area (Å²) in [5, 5.41) is 10.9. The van der Waals surface area contributed by atoms with Gasteiger partial charge >= 0.3 is 5.97 Å². The van der Waals surface area contributed by atoms with Gasteiger partial charge in [-0.3, -0.25) is 14.4 Å². The van der Waals surface area contributed by atoms with E-state index in [2.05, 4.69) is 13.2 Å². The molecule has 37 heavy (non-hydrogen) atoms. The summed E-state index contributed by atoms with van der Waals surface area (Å²) in [5.74, 6) is -2.47. The van der Waals surface area contributed by atoms with Crippen molar-refractivity contribution in [3.05, 3.63) is 54.6 Å². The molecule has 0 aromatic heterocycles. The number of hydrogen-bond donors (Lipinski definition) is 1. The third-order valence-electron chi connectivity index (χ3n) is 8.08. The van der Waals surface area contributed by atoms with Crippen LogP contribution in [-0.2, 0) is 19.1 Å². The van der Waals surface area contributed by atoms with Crippen molar-refractivity contribution in [3.8, 4) is 0 Å². The van der Waals surface area contributed by atoms with Gasteiger partial charge in [0.2, 0.25) is 5.91 Å². The minimum atomic E-state index is -0.857. The summed E-state index contributed by atoms with van der Waals surface area (Å²) >= 11 is 7.67. The lowest BCUT2D eigenvalue weighted by atomic mass is 9.66. The number of esters is 1. The summed E-state index contributed by atoms with van der Waals surface area (Å²) in [5.41, 5.74) is 0.636. The van der Waals surface area contributed by atoms with Crippen LogP contribution in [-0.4, -0.2) is 69.1 Å². The van der Waals surface area contributed by atoms with Crippen LogP contribution in [0.5, 0.6) is 0 Å². The van der Waals surface area contributed by atoms with Gasteiger partial charge in [0.05, 0.1) is 29.2 Å². The van der Waals surface area contributed by atoms with Gasteiger partial charge in [0.15, 0.2) is 0 Å². The molecule has 0 radical (unpaired) electrons. The molecule has 1 aromatic carbocycles. The molecule has 2 bridgehead atoms. The molecule has 1 aromatic rings. The smallest absolute Gasteiger partial charge is 0.311 e. The number of hydrogen-bond acceptors (Lipinski definition) is 6. The maximum Gasteiger partial charge on any atom is 0.311 e. The maximum absolute atomic E-state index is 14.5. The summed E-state index contributed by atoms with van der Waals surface area (Å²) < 4.78 is 4.13. The van der Waals surface area contributed by atoms with Gasteiger partial charge in [-0.2, -0.15) is 0 Å². The minimum absolute atomic E-state index is 0.0605. The Hall–Kier alpha value is -2.29. The van der Waals surface area contributed by atoms with E-state index in [1.165, 1.54) is 6.08 Å². The van der Waals surface area contributed by atoms with E-state index in [0.29, 0.717) is 23.6 Å². The summed E-state index contributed by atoms with van der Waals surface area (Å²) in [6.45, 7) is 13.3. The molecule has 3 saturated heterocycles. The van der Waals surface area contributed by atoms with Gasteiger partial charge in [0.25, 0.3) is 5.91 Å². The number of ether oxygens (including phenoxy) is 1. The SMILES string of the molecule is C=CCOC(=O)[C@@H]1[C@H]2C(=O)N([C@@H](CO)C(C)C)C(C(=O)N(CC=C)c3ccc(Cl)cc3)C23CC[C@@]1(C)S3. The number of halogens is 1. The van der Waals surface area contributed by atoms with E-state index < -0.39 is 39.4 Å². The summed E-state index contributed by atoms with van der Waals surface area (Å²) in [6, 6.07) is 5.53. The highest BCUT2D eigenvalue weighted by molar-refractivity contribution is 8.02. The molecule has 4 rings (SSSR count). The highest BCUT2D eigenvalue weighted by atomic mass is 35.5. The molecule has 0 aliphatic carbocycles. The van der Waals surface area contributed by atoms with E-state index in [4.69, 9.17) is 16.3 Å². The molecule has 2 unspecified atom stereocenters. The van der Waals surface area contributed by atoms with E-state index in [1.807, 2.05) is 20.8 Å². The molecule has 9 heteroatoms. The number of rotatable bonds is 10. The zero-order chi connectivity index (χ0) is 27.1. The van der Waals surface area contributed by atoms with Gasteiger partial charge < -0.3 is 19.6 Å². The lowest BCUT2D eigenvalue weighted by molar-refractivity contribution is -0.155. The predicted octanol–water partition coefficient (Wildman–Crippen LogP) is 4.09. The van der Waals surface area contributed by atoms with Gasteiger partial charge in [-0.15, -0.1) is 18.3 Å². The Balaban J connectivity index is 1.84. The van der Waals surface area contributed by atoms with Crippen molar-refractivity contribution in [2.24, 2.45) is 17.8 Å². The number of carbonyl (C=O) groups is 3. The Morgan fingerprint density at radius 1 is 1.27 bits per heavy atom. The van der Waals surface area contributed by atoms with Crippen LogP contribution in [0.1, 0.15) is 33.6 Å². The standard InChI is InChI=1S/C28H35ClN2O5S/c1-6-14-30(19-10-8-18(29)9-11-19)25(34)23-28-13-12-27(5,37-28)22(26(35)36-15-7-2)21(28)24(33)31(23)20(16-32)17(3)4/h6-11,17,20-23,32H,1-2,12-16H2,3-5H3/t20-,21-,22-,23?,27+,28?/m0/s1. The molecule has 1 N–H and O–H groups in total. The van der Waals surface area contributed by atoms with Crippen LogP contribution in [0.2, 0.25) is 5.02 Å². The number of benzene rings is 1. The van der Waals surface area contributed by atoms with Crippen molar-refractivity contribution >= 4 is 46.8 Å². The molecule has 2 amide bonds. The molecule has 3 heterocycles. The summed E-state index contributed by atoms with van der Waals surface area (Å²) in [7, 11) is 0. The molecular formula is C28H35ClN2O5S. The molecule has 3 fully saturated rings. The van der Waals surface area contributed by atoms with Crippen LogP contribution in [0.25, 0.3) is 0 Å². The Morgan fingerprint density at radius 2 is 1.95 bits per heavy atom. The van der Waals surface area contributed by atoms with E-state index in [-0.39, 0.29) is 37.5 Å². The first-order chi connectivity index (χ1) is 17.6. The number of nitrogens with zero attached hydrogens (tertiary/aromatic N) is 2. The van der Waals surface area contributed by atoms with Crippen LogP contribution in [0.3, 0.4) is 0 Å². The molecular weight excluding hydrogens is 512 g/mol. The van der Waals surface area contributed by atoms with Gasteiger partial charge in [0.1, 0.15) is 12.6 Å². The van der Waals surface area contributed by atoms with Crippen LogP contribution < -0.4 is 4.90 Å². The van der Waals surface area contributed by atoms with Crippen LogP contribution in [0.4, 0.5) is 5.69 Å². The van der Waals surface area contributed by atoms with Gasteiger partial charge in [0, 0.05) is 22.0 Å². The Bertz CT molecular complexity index is 1090. The topological polar surface area (TPSA) is 87.1 Å². The molecule has 3 aliphatic heterocycles. The number of fused-ring (bicyclic) bond motifs is 1. The maximum atomic E-state index is 14.5. The average molecular weight is 547 g/mol. The van der Waals surface area contributed by atoms with E-state index in [1.54, 1.807) is 51.9 Å². The largest absolute Gasteiger partial charge is 0.461 e. The number of anilines is 1. The predicted molar refractivity (Wildman–Crippen MR) is 146 cm³/mol. The molecule has 0 saturated carbocycles. The third kappa shape index (κ3) is 4.41. The fraction of sp³-hybridized carbons (Fsp3) is 0.536. The highest BCUT2D eigenvalue weighted by Gasteiger charge is 2.78. The highest BCUT2D eigenvalue weighted by Crippen LogP contribution is 2.72. The molecule has 1 spiro atoms. The van der Waals surface area contributed by atoms with Crippen LogP contribution >= 0.6 is 23.4 Å². The fourth-order valence-corrected chi connectivity index (χ4v) is 8.88. The van der Waals surface area contributed by atoms with E-state index in [9.17, 15) is 19.5 Å². The lowest BCUT2D eigenvalue weighted by Gasteiger charge is -2.40. The zero-order valence-electron chi connectivity index (χ0n) is 21.6. The average Bonchev–Trinajstić information content (AvgIpc) is 3.43. The van der Waals surface area contributed by atoms with Crippen LogP contribution in [0, 0.1) is 17.8 Å². The quantitative estimate of drug-likeness (QED) is 0.351. The molecule has 7 nitrogen and oxygen atoms in total. The van der Waals surface area contributed by atoms with Gasteiger partial charge in [-0.25, -0.2) is 0 Å². The molecule has 200 valence electrons. The Morgan fingerprint density at radius 3 is 2.51 bits per heavy atom. The van der Waals surface area contributed by atoms with Crippen LogP contribution in [0.15, 0.2) is 49.6 Å². The summed E-state index contributed by atoms with van der Waals surface area (Å²) in [4.78, 5) is 45.3. The number of aliphatic hydroxyl groups is 1. The second-order valence-electron chi connectivity index (χ2n) is 10.6. The zero-order valence-corrected chi connectivity index (χ0v) is 23.1. The van der Waals surface area contributed by atoms with Crippen molar-refractivity contribution in [1.82, 2.24) is 4.90 Å². The number of amides is 2. The van der Waals surface area contributed by atoms with Crippen molar-refractivity contribution in [3.63, 3.8) is 0 Å². The van der Waals surface area contributed by atoms with E-state index in [0.717, 1.165) is 0 Å². The minimum Gasteiger partial charge on any atom is -0.461 e. The lowest BCUT2D eigenvalue weighted by Crippen LogP contribution is -2.58. The Kier molecular flexibility index (Phi) is 7.84. The number of thioether (sulfide) groups is 1. The van der Waals surface area contributed by atoms with Gasteiger partial charge in [-0.05, 0) is 49.9 Å². The first-order valence-corrected chi connectivity index (χ1v) is 13.8. The normalized spacial score (nSPS) is 30.8. The first kappa shape index (κ1) is 27.7. The monoisotopic (exact) mass is 546 g/mol.